The van der Waals surface area contributed by atoms with E-state index in [9.17, 15) is 13.2 Å². The molecule has 0 unspecified atom stereocenters. The van der Waals surface area contributed by atoms with Crippen molar-refractivity contribution >= 4 is 16.0 Å². The molecule has 0 fully saturated rings. The molecule has 0 aromatic carbocycles. The Labute approximate surface area is 95.1 Å². The summed E-state index contributed by atoms with van der Waals surface area (Å²) >= 11 is 0. The molecule has 0 amide bonds. The summed E-state index contributed by atoms with van der Waals surface area (Å²) in [4.78, 5) is 17.4. The molecule has 0 bridgehead atoms. The molecule has 0 aliphatic rings. The maximum atomic E-state index is 11.2. The molecule has 8 heteroatoms. The smallest absolute Gasteiger partial charge is 0.306 e. The second-order valence-corrected chi connectivity index (χ2v) is 4.60. The van der Waals surface area contributed by atoms with Crippen LogP contribution < -0.4 is 4.89 Å². The Morgan fingerprint density at radius 3 is 2.56 bits per heavy atom. The number of carbonyl (C=O) groups is 1. The molecule has 0 rings (SSSR count). The number of carbonyl (C=O) groups excluding carboxylic acids is 1. The SMILES string of the molecule is CCOC(=O)CCS(=O)(=O)NOCCOC. The Balaban J connectivity index is 3.74. The highest BCUT2D eigenvalue weighted by Crippen LogP contribution is 1.93. The van der Waals surface area contributed by atoms with Gasteiger partial charge in [-0.05, 0) is 6.92 Å². The Bertz CT molecular complexity index is 289. The zero-order chi connectivity index (χ0) is 12.4. The first-order valence-corrected chi connectivity index (χ1v) is 6.43. The van der Waals surface area contributed by atoms with Crippen LogP contribution in [0.25, 0.3) is 0 Å². The molecule has 0 atom stereocenters. The number of esters is 1. The van der Waals surface area contributed by atoms with Crippen LogP contribution in [0, 0.1) is 0 Å². The summed E-state index contributed by atoms with van der Waals surface area (Å²) in [5, 5.41) is 0. The molecule has 0 aromatic rings. The molecular weight excluding hydrogens is 238 g/mol. The van der Waals surface area contributed by atoms with E-state index >= 15 is 0 Å². The van der Waals surface area contributed by atoms with Crippen molar-refractivity contribution in [2.24, 2.45) is 0 Å². The molecule has 7 nitrogen and oxygen atoms in total. The molecule has 16 heavy (non-hydrogen) atoms. The van der Waals surface area contributed by atoms with E-state index in [-0.39, 0.29) is 32.0 Å². The number of methoxy groups -OCH3 is 1. The van der Waals surface area contributed by atoms with E-state index in [0.29, 0.717) is 0 Å². The van der Waals surface area contributed by atoms with Gasteiger partial charge in [-0.3, -0.25) is 9.63 Å². The fourth-order valence-electron chi connectivity index (χ4n) is 0.749. The van der Waals surface area contributed by atoms with E-state index in [1.54, 1.807) is 6.92 Å². The summed E-state index contributed by atoms with van der Waals surface area (Å²) in [7, 11) is -2.13. The first-order valence-electron chi connectivity index (χ1n) is 4.77. The van der Waals surface area contributed by atoms with Gasteiger partial charge in [-0.15, -0.1) is 0 Å². The van der Waals surface area contributed by atoms with Gasteiger partial charge in [-0.2, -0.15) is 0 Å². The third-order valence-electron chi connectivity index (χ3n) is 1.46. The monoisotopic (exact) mass is 255 g/mol. The minimum absolute atomic E-state index is 0.106. The summed E-state index contributed by atoms with van der Waals surface area (Å²) in [6, 6.07) is 0. The zero-order valence-electron chi connectivity index (χ0n) is 9.39. The molecule has 0 saturated heterocycles. The van der Waals surface area contributed by atoms with Crippen molar-refractivity contribution in [3.05, 3.63) is 0 Å². The standard InChI is InChI=1S/C8H17NO6S/c1-3-14-8(10)4-7-16(11,12)9-15-6-5-13-2/h9H,3-7H2,1-2H3. The second kappa shape index (κ2) is 8.45. The molecule has 0 radical (unpaired) electrons. The molecule has 0 aliphatic carbocycles. The van der Waals surface area contributed by atoms with Gasteiger partial charge < -0.3 is 9.47 Å². The van der Waals surface area contributed by atoms with E-state index in [1.165, 1.54) is 7.11 Å². The Morgan fingerprint density at radius 2 is 2.00 bits per heavy atom. The lowest BCUT2D eigenvalue weighted by atomic mass is 10.5. The van der Waals surface area contributed by atoms with E-state index in [4.69, 9.17) is 0 Å². The van der Waals surface area contributed by atoms with Crippen LogP contribution in [0.5, 0.6) is 0 Å². The largest absolute Gasteiger partial charge is 0.466 e. The van der Waals surface area contributed by atoms with Crippen LogP contribution in [0.15, 0.2) is 0 Å². The highest BCUT2D eigenvalue weighted by atomic mass is 32.2. The Morgan fingerprint density at radius 1 is 1.31 bits per heavy atom. The van der Waals surface area contributed by atoms with Gasteiger partial charge in [0.1, 0.15) is 0 Å². The van der Waals surface area contributed by atoms with Crippen LogP contribution in [-0.2, 0) is 29.1 Å². The highest BCUT2D eigenvalue weighted by Gasteiger charge is 2.13. The third kappa shape index (κ3) is 8.60. The first kappa shape index (κ1) is 15.3. The van der Waals surface area contributed by atoms with Crippen molar-refractivity contribution in [2.75, 3.05) is 32.7 Å². The molecular formula is C8H17NO6S. The van der Waals surface area contributed by atoms with Gasteiger partial charge in [0.25, 0.3) is 0 Å². The molecule has 0 aliphatic heterocycles. The lowest BCUT2D eigenvalue weighted by Gasteiger charge is -2.06. The highest BCUT2D eigenvalue weighted by molar-refractivity contribution is 7.89. The minimum atomic E-state index is -3.60. The maximum Gasteiger partial charge on any atom is 0.306 e. The lowest BCUT2D eigenvalue weighted by molar-refractivity contribution is -0.142. The summed E-state index contributed by atoms with van der Waals surface area (Å²) in [5.41, 5.74) is 0. The van der Waals surface area contributed by atoms with Crippen LogP contribution in [0.1, 0.15) is 13.3 Å². The van der Waals surface area contributed by atoms with Crippen LogP contribution in [-0.4, -0.2) is 47.1 Å². The maximum absolute atomic E-state index is 11.2. The van der Waals surface area contributed by atoms with Crippen LogP contribution in [0.2, 0.25) is 0 Å². The fourth-order valence-corrected chi connectivity index (χ4v) is 1.53. The van der Waals surface area contributed by atoms with Gasteiger partial charge in [0.2, 0.25) is 10.0 Å². The Kier molecular flexibility index (Phi) is 8.08. The summed E-state index contributed by atoms with van der Waals surface area (Å²) < 4.78 is 31.7. The topological polar surface area (TPSA) is 90.9 Å². The van der Waals surface area contributed by atoms with Gasteiger partial charge in [-0.25, -0.2) is 8.42 Å². The molecule has 0 aromatic heterocycles. The first-order chi connectivity index (χ1) is 7.52. The molecule has 0 heterocycles. The molecule has 96 valence electrons. The van der Waals surface area contributed by atoms with Gasteiger partial charge in [0.05, 0.1) is 32.0 Å². The number of rotatable bonds is 9. The quantitative estimate of drug-likeness (QED) is 0.337. The van der Waals surface area contributed by atoms with Gasteiger partial charge in [-0.1, -0.05) is 4.89 Å². The summed E-state index contributed by atoms with van der Waals surface area (Å²) in [5.74, 6) is -0.913. The predicted octanol–water partition coefficient (Wildman–Crippen LogP) is -0.563. The number of hydrogen-bond donors (Lipinski definition) is 1. The minimum Gasteiger partial charge on any atom is -0.466 e. The van der Waals surface area contributed by atoms with Gasteiger partial charge >= 0.3 is 5.97 Å². The van der Waals surface area contributed by atoms with E-state index in [2.05, 4.69) is 14.3 Å². The normalized spacial score (nSPS) is 11.4. The molecule has 1 N–H and O–H groups in total. The van der Waals surface area contributed by atoms with Crippen molar-refractivity contribution < 1.29 is 27.5 Å². The van der Waals surface area contributed by atoms with Crippen molar-refractivity contribution in [1.29, 1.82) is 0 Å². The van der Waals surface area contributed by atoms with Crippen molar-refractivity contribution in [1.82, 2.24) is 4.89 Å². The zero-order valence-corrected chi connectivity index (χ0v) is 10.2. The summed E-state index contributed by atoms with van der Waals surface area (Å²) in [6.07, 6.45) is -0.198. The van der Waals surface area contributed by atoms with E-state index in [1.807, 2.05) is 4.89 Å². The van der Waals surface area contributed by atoms with Gasteiger partial charge in [0.15, 0.2) is 0 Å². The van der Waals surface area contributed by atoms with E-state index in [0.717, 1.165) is 0 Å². The van der Waals surface area contributed by atoms with Crippen LogP contribution in [0.4, 0.5) is 0 Å². The predicted molar refractivity (Wildman–Crippen MR) is 56.0 cm³/mol. The Hall–Kier alpha value is -0.700. The summed E-state index contributed by atoms with van der Waals surface area (Å²) in [6.45, 7) is 2.27. The number of sulfonamides is 1. The lowest BCUT2D eigenvalue weighted by Crippen LogP contribution is -2.29. The second-order valence-electron chi connectivity index (χ2n) is 2.80. The van der Waals surface area contributed by atoms with Crippen molar-refractivity contribution in [3.63, 3.8) is 0 Å². The van der Waals surface area contributed by atoms with E-state index < -0.39 is 16.0 Å². The van der Waals surface area contributed by atoms with Crippen LogP contribution in [0.3, 0.4) is 0 Å². The van der Waals surface area contributed by atoms with Gasteiger partial charge in [0, 0.05) is 7.11 Å². The van der Waals surface area contributed by atoms with Crippen molar-refractivity contribution in [2.45, 2.75) is 13.3 Å². The molecule has 0 saturated carbocycles. The molecule has 0 spiro atoms. The van der Waals surface area contributed by atoms with Crippen LogP contribution >= 0.6 is 0 Å². The fraction of sp³-hybridized carbons (Fsp3) is 0.875. The number of hydrogen-bond acceptors (Lipinski definition) is 6. The third-order valence-corrected chi connectivity index (χ3v) is 2.57. The average Bonchev–Trinajstić information content (AvgIpc) is 2.22. The number of ether oxygens (including phenoxy) is 2. The average molecular weight is 255 g/mol. The van der Waals surface area contributed by atoms with Crippen molar-refractivity contribution in [3.8, 4) is 0 Å². The number of nitrogens with one attached hydrogen (secondary N) is 1.